The number of benzene rings is 1. The van der Waals surface area contributed by atoms with Crippen LogP contribution in [0.15, 0.2) is 27.6 Å². The standard InChI is InChI=1S/C9H9BrO5S/c10-8-2-1-6(5-7(8)9(12)13)16(14,15)4-3-11/h1-2,5,11H,3-4H2,(H,12,13). The first-order chi connectivity index (χ1) is 7.38. The van der Waals surface area contributed by atoms with Gasteiger partial charge in [-0.3, -0.25) is 0 Å². The van der Waals surface area contributed by atoms with E-state index >= 15 is 0 Å². The number of carboxylic acids is 1. The lowest BCUT2D eigenvalue weighted by Crippen LogP contribution is -2.11. The molecule has 0 aromatic heterocycles. The van der Waals surface area contributed by atoms with Crippen molar-refractivity contribution in [1.82, 2.24) is 0 Å². The van der Waals surface area contributed by atoms with Crippen LogP contribution in [-0.4, -0.2) is 37.0 Å². The Balaban J connectivity index is 3.28. The van der Waals surface area contributed by atoms with E-state index < -0.39 is 28.2 Å². The van der Waals surface area contributed by atoms with Crippen molar-refractivity contribution in [2.45, 2.75) is 4.90 Å². The van der Waals surface area contributed by atoms with Crippen molar-refractivity contribution in [2.75, 3.05) is 12.4 Å². The van der Waals surface area contributed by atoms with Crippen molar-refractivity contribution in [3.63, 3.8) is 0 Å². The van der Waals surface area contributed by atoms with Crippen LogP contribution < -0.4 is 0 Å². The zero-order chi connectivity index (χ0) is 12.3. The molecule has 16 heavy (non-hydrogen) atoms. The molecular formula is C9H9BrO5S. The third-order valence-corrected chi connectivity index (χ3v) is 4.27. The van der Waals surface area contributed by atoms with E-state index in [-0.39, 0.29) is 10.5 Å². The molecule has 7 heteroatoms. The lowest BCUT2D eigenvalue weighted by atomic mass is 10.2. The Kier molecular flexibility index (Phi) is 4.06. The fourth-order valence-corrected chi connectivity index (χ4v) is 2.56. The van der Waals surface area contributed by atoms with E-state index in [1.54, 1.807) is 0 Å². The summed E-state index contributed by atoms with van der Waals surface area (Å²) in [6, 6.07) is 3.71. The number of halogens is 1. The van der Waals surface area contributed by atoms with Crippen LogP contribution in [0.5, 0.6) is 0 Å². The number of aromatic carboxylic acids is 1. The quantitative estimate of drug-likeness (QED) is 0.862. The molecule has 2 N–H and O–H groups in total. The number of aliphatic hydroxyl groups is 1. The Morgan fingerprint density at radius 3 is 2.50 bits per heavy atom. The molecule has 5 nitrogen and oxygen atoms in total. The molecule has 0 saturated heterocycles. The third-order valence-electron chi connectivity index (χ3n) is 1.89. The van der Waals surface area contributed by atoms with Crippen molar-refractivity contribution < 1.29 is 23.4 Å². The molecule has 1 aromatic rings. The van der Waals surface area contributed by atoms with Crippen LogP contribution >= 0.6 is 15.9 Å². The van der Waals surface area contributed by atoms with Crippen molar-refractivity contribution in [3.05, 3.63) is 28.2 Å². The van der Waals surface area contributed by atoms with Crippen LogP contribution in [0.4, 0.5) is 0 Å². The first kappa shape index (κ1) is 13.1. The molecule has 0 atom stereocenters. The Labute approximate surface area is 101 Å². The molecule has 0 aliphatic heterocycles. The van der Waals surface area contributed by atoms with Crippen LogP contribution in [0.2, 0.25) is 0 Å². The molecule has 1 rings (SSSR count). The number of hydrogen-bond donors (Lipinski definition) is 2. The van der Waals surface area contributed by atoms with Crippen molar-refractivity contribution in [3.8, 4) is 0 Å². The molecule has 0 aliphatic carbocycles. The van der Waals surface area contributed by atoms with E-state index in [0.29, 0.717) is 4.47 Å². The smallest absolute Gasteiger partial charge is 0.336 e. The summed E-state index contributed by atoms with van der Waals surface area (Å²) >= 11 is 3.01. The minimum Gasteiger partial charge on any atom is -0.478 e. The zero-order valence-corrected chi connectivity index (χ0v) is 10.5. The Hall–Kier alpha value is -0.920. The molecule has 0 saturated carbocycles. The topological polar surface area (TPSA) is 91.7 Å². The zero-order valence-electron chi connectivity index (χ0n) is 8.05. The first-order valence-electron chi connectivity index (χ1n) is 4.25. The highest BCUT2D eigenvalue weighted by atomic mass is 79.9. The molecule has 88 valence electrons. The van der Waals surface area contributed by atoms with Gasteiger partial charge in [0.05, 0.1) is 22.8 Å². The predicted molar refractivity (Wildman–Crippen MR) is 60.2 cm³/mol. The average molecular weight is 309 g/mol. The van der Waals surface area contributed by atoms with Crippen molar-refractivity contribution in [2.24, 2.45) is 0 Å². The van der Waals surface area contributed by atoms with Gasteiger partial charge in [0.2, 0.25) is 0 Å². The summed E-state index contributed by atoms with van der Waals surface area (Å²) in [7, 11) is -3.62. The highest BCUT2D eigenvalue weighted by Crippen LogP contribution is 2.21. The van der Waals surface area contributed by atoms with Gasteiger partial charge in [-0.2, -0.15) is 0 Å². The van der Waals surface area contributed by atoms with E-state index in [1.807, 2.05) is 0 Å². The summed E-state index contributed by atoms with van der Waals surface area (Å²) in [4.78, 5) is 10.7. The van der Waals surface area contributed by atoms with Crippen molar-refractivity contribution >= 4 is 31.7 Å². The predicted octanol–water partition coefficient (Wildman–Crippen LogP) is 0.913. The molecule has 1 aromatic carbocycles. The maximum Gasteiger partial charge on any atom is 0.336 e. The minimum atomic E-state index is -3.62. The van der Waals surface area contributed by atoms with Gasteiger partial charge in [-0.05, 0) is 34.1 Å². The monoisotopic (exact) mass is 308 g/mol. The lowest BCUT2D eigenvalue weighted by Gasteiger charge is -2.05. The second-order valence-corrected chi connectivity index (χ2v) is 5.95. The number of aliphatic hydroxyl groups excluding tert-OH is 1. The van der Waals surface area contributed by atoms with Gasteiger partial charge in [-0.25, -0.2) is 13.2 Å². The summed E-state index contributed by atoms with van der Waals surface area (Å²) in [5, 5.41) is 17.4. The Morgan fingerprint density at radius 1 is 1.38 bits per heavy atom. The minimum absolute atomic E-state index is 0.109. The first-order valence-corrected chi connectivity index (χ1v) is 6.69. The number of carboxylic acid groups (broad SMARTS) is 1. The third kappa shape index (κ3) is 2.81. The average Bonchev–Trinajstić information content (AvgIpc) is 2.17. The molecule has 0 spiro atoms. The van der Waals surface area contributed by atoms with Gasteiger partial charge < -0.3 is 10.2 Å². The largest absolute Gasteiger partial charge is 0.478 e. The number of rotatable bonds is 4. The van der Waals surface area contributed by atoms with Gasteiger partial charge in [-0.1, -0.05) is 0 Å². The lowest BCUT2D eigenvalue weighted by molar-refractivity contribution is 0.0695. The van der Waals surface area contributed by atoms with Gasteiger partial charge in [-0.15, -0.1) is 0 Å². The Bertz CT molecular complexity index is 509. The second-order valence-electron chi connectivity index (χ2n) is 2.99. The SMILES string of the molecule is O=C(O)c1cc(S(=O)(=O)CCO)ccc1Br. The van der Waals surface area contributed by atoms with E-state index in [4.69, 9.17) is 10.2 Å². The molecule has 0 heterocycles. The fraction of sp³-hybridized carbons (Fsp3) is 0.222. The maximum atomic E-state index is 11.6. The highest BCUT2D eigenvalue weighted by Gasteiger charge is 2.17. The summed E-state index contributed by atoms with van der Waals surface area (Å²) in [6.07, 6.45) is 0. The molecule has 0 radical (unpaired) electrons. The van der Waals surface area contributed by atoms with Gasteiger partial charge in [0.1, 0.15) is 0 Å². The molecular weight excluding hydrogens is 300 g/mol. The van der Waals surface area contributed by atoms with E-state index in [0.717, 1.165) is 6.07 Å². The highest BCUT2D eigenvalue weighted by molar-refractivity contribution is 9.10. The van der Waals surface area contributed by atoms with Gasteiger partial charge in [0, 0.05) is 4.47 Å². The molecule has 0 unspecified atom stereocenters. The number of hydrogen-bond acceptors (Lipinski definition) is 4. The summed E-state index contributed by atoms with van der Waals surface area (Å²) < 4.78 is 23.4. The van der Waals surface area contributed by atoms with Crippen molar-refractivity contribution in [1.29, 1.82) is 0 Å². The van der Waals surface area contributed by atoms with Crippen LogP contribution in [0.3, 0.4) is 0 Å². The summed E-state index contributed by atoms with van der Waals surface area (Å²) in [5.74, 6) is -1.64. The van der Waals surface area contributed by atoms with E-state index in [1.165, 1.54) is 12.1 Å². The van der Waals surface area contributed by atoms with Crippen LogP contribution in [0, 0.1) is 0 Å². The fourth-order valence-electron chi connectivity index (χ4n) is 1.10. The van der Waals surface area contributed by atoms with Crippen LogP contribution in [0.25, 0.3) is 0 Å². The molecule has 0 fully saturated rings. The van der Waals surface area contributed by atoms with Crippen LogP contribution in [0.1, 0.15) is 10.4 Å². The Morgan fingerprint density at radius 2 is 2.00 bits per heavy atom. The summed E-state index contributed by atoms with van der Waals surface area (Å²) in [5.41, 5.74) is -0.126. The summed E-state index contributed by atoms with van der Waals surface area (Å²) in [6.45, 7) is -0.499. The molecule has 0 aliphatic rings. The van der Waals surface area contributed by atoms with E-state index in [2.05, 4.69) is 15.9 Å². The van der Waals surface area contributed by atoms with Crippen LogP contribution in [-0.2, 0) is 9.84 Å². The molecule has 0 bridgehead atoms. The number of carbonyl (C=O) groups is 1. The van der Waals surface area contributed by atoms with Gasteiger partial charge >= 0.3 is 5.97 Å². The van der Waals surface area contributed by atoms with Gasteiger partial charge in [0.25, 0.3) is 0 Å². The van der Waals surface area contributed by atoms with E-state index in [9.17, 15) is 13.2 Å². The second kappa shape index (κ2) is 4.94. The maximum absolute atomic E-state index is 11.6. The van der Waals surface area contributed by atoms with Gasteiger partial charge in [0.15, 0.2) is 9.84 Å². The normalized spacial score (nSPS) is 11.4. The molecule has 0 amide bonds. The number of sulfone groups is 1.